The van der Waals surface area contributed by atoms with E-state index in [1.54, 1.807) is 124 Å². The molecule has 0 saturated carbocycles. The van der Waals surface area contributed by atoms with Gasteiger partial charge in [0, 0.05) is 185 Å². The molecule has 37 heteroatoms. The van der Waals surface area contributed by atoms with Crippen LogP contribution in [0.2, 0.25) is 0 Å². The fourth-order valence-electron chi connectivity index (χ4n) is 2.36. The number of rotatable bonds is 0. The fourth-order valence-corrected chi connectivity index (χ4v) is 2.36. The van der Waals surface area contributed by atoms with E-state index in [0.717, 1.165) is 0 Å². The predicted octanol–water partition coefficient (Wildman–Crippen LogP) is 16.0. The Bertz CT molecular complexity index is 745. The zero-order chi connectivity index (χ0) is 35.4. The van der Waals surface area contributed by atoms with E-state index in [0.29, 0.717) is 66.7 Å². The first-order valence-corrected chi connectivity index (χ1v) is 14.8. The molecule has 0 saturated heterocycles. The quantitative estimate of drug-likeness (QED) is 0.218. The molecule has 0 aromatic carbocycles. The van der Waals surface area contributed by atoms with E-state index in [9.17, 15) is 0 Å². The number of hydrogen-bond acceptors (Lipinski definition) is 0. The van der Waals surface area contributed by atoms with Crippen molar-refractivity contribution < 1.29 is 185 Å². The molecule has 67 heavy (non-hydrogen) atoms. The average molecular weight is 1430 g/mol. The van der Waals surface area contributed by atoms with E-state index in [4.69, 9.17) is 0 Å². The first kappa shape index (κ1) is 116. The van der Waals surface area contributed by atoms with Crippen LogP contribution in [0.5, 0.6) is 0 Å². The molecule has 10 heterocycles. The summed E-state index contributed by atoms with van der Waals surface area (Å²) in [5, 5.41) is 74.7. The van der Waals surface area contributed by atoms with Gasteiger partial charge in [0.2, 0.25) is 0 Å². The second kappa shape index (κ2) is 111. The van der Waals surface area contributed by atoms with E-state index < -0.39 is 0 Å². The summed E-state index contributed by atoms with van der Waals surface area (Å²) < 4.78 is 0. The molecule has 26 nitrogen and oxygen atoms in total. The summed E-state index contributed by atoms with van der Waals surface area (Å²) in [4.78, 5) is 0. The molecule has 10 aliphatic heterocycles. The average Bonchev–Trinajstić information content (AvgIpc) is 4.08. The Morgan fingerprint density at radius 3 is 0.179 bits per heavy atom. The first-order chi connectivity index (χ1) is 25.0. The molecule has 10 rings (SSSR count). The topological polar surface area (TPSA) is 483 Å². The number of hydrogen-bond donors (Lipinski definition) is 0. The van der Waals surface area contributed by atoms with Crippen molar-refractivity contribution in [2.45, 2.75) is 0 Å². The van der Waals surface area contributed by atoms with Gasteiger partial charge in [-0.1, -0.05) is 0 Å². The van der Waals surface area contributed by atoms with Crippen molar-refractivity contribution in [1.82, 2.24) is 0 Å². The van der Waals surface area contributed by atoms with Gasteiger partial charge in [0.05, 0.1) is 0 Å². The molecule has 0 bridgehead atoms. The zero-order valence-electron chi connectivity index (χ0n) is 34.7. The van der Waals surface area contributed by atoms with E-state index in [2.05, 4.69) is 106 Å². The molecule has 0 aromatic heterocycles. The maximum atomic E-state index is 3.74. The van der Waals surface area contributed by atoms with E-state index in [1.165, 1.54) is 0 Å². The number of nitrogens with two attached hydrogens (primary N) is 6. The van der Waals surface area contributed by atoms with Crippen LogP contribution in [0.15, 0.2) is 124 Å². The van der Waals surface area contributed by atoms with Crippen LogP contribution < -0.4 is 0 Å². The monoisotopic (exact) mass is 1420 g/mol. The van der Waals surface area contributed by atoms with Gasteiger partial charge in [-0.15, -0.1) is 0 Å². The summed E-state index contributed by atoms with van der Waals surface area (Å²) in [6.45, 7) is 6.39. The summed E-state index contributed by atoms with van der Waals surface area (Å²) in [7, 11) is 0. The molecule has 0 fully saturated rings. The van der Waals surface area contributed by atoms with Crippen molar-refractivity contribution >= 4 is 0 Å². The Balaban J connectivity index is -0.0000000269. The molecule has 0 unspecified atom stereocenters. The van der Waals surface area contributed by atoms with Crippen LogP contribution in [0.25, 0.3) is 143 Å². The van der Waals surface area contributed by atoms with Crippen molar-refractivity contribution in [3.63, 3.8) is 0 Å². The van der Waals surface area contributed by atoms with Crippen LogP contribution in [0.1, 0.15) is 0 Å². The van der Waals surface area contributed by atoms with Gasteiger partial charge < -0.3 is 143 Å². The van der Waals surface area contributed by atoms with Gasteiger partial charge in [-0.25, -0.2) is 191 Å². The summed E-state index contributed by atoms with van der Waals surface area (Å²) in [6, 6.07) is 0. The van der Waals surface area contributed by atoms with Crippen LogP contribution >= 0.6 is 0 Å². The van der Waals surface area contributed by atoms with Gasteiger partial charge in [-0.05, 0) is 0 Å². The van der Waals surface area contributed by atoms with Crippen LogP contribution in [0.3, 0.4) is 0 Å². The van der Waals surface area contributed by atoms with Crippen LogP contribution in [0.4, 0.5) is 0 Å². The predicted molar refractivity (Wildman–Crippen MR) is 239 cm³/mol. The minimum Gasteiger partial charge on any atom is -0.707 e. The third kappa shape index (κ3) is 107. The van der Waals surface area contributed by atoms with Crippen molar-refractivity contribution in [2.24, 2.45) is 0 Å². The van der Waals surface area contributed by atoms with E-state index in [1.807, 2.05) is 0 Å². The van der Waals surface area contributed by atoms with Crippen LogP contribution in [-0.2, 0) is 185 Å². The second-order valence-electron chi connectivity index (χ2n) is 8.05. The Kier molecular flexibility index (Phi) is 192. The van der Waals surface area contributed by atoms with Crippen LogP contribution in [0, 0.1) is 0 Å². The van der Waals surface area contributed by atoms with Gasteiger partial charge in [0.25, 0.3) is 0 Å². The van der Waals surface area contributed by atoms with E-state index >= 15 is 0 Å². The molecule has 12 N–H and O–H groups in total. The molecule has 0 amide bonds. The summed E-state index contributed by atoms with van der Waals surface area (Å²) in [6.07, 6.45) is 33.9. The SMILES string of the molecule is C1=C[N-]C[N-]1.C1=C[N-]C[N-]1.C1=C[N-]C[N-]1.C1=C[N-]C[N-]1.C1=C[N-]C[N-]1.C1=C[N-]C[N-]1.C1=C[N-]C[N-]1.C1=C[N-]C[N-]1.C1=C[N-]C[N-]1.C1=C[N-]C[N-]1.[Co].[Co].[Co].[Co].[Co].[Co].[Co].[Co].[Co].[Co].[Co].[NH2-].[NH2-].[NH2-].[NH2-].[NH2-].[NH2-]. The first-order valence-electron chi connectivity index (χ1n) is 14.8. The van der Waals surface area contributed by atoms with Crippen molar-refractivity contribution in [1.29, 1.82) is 0 Å². The summed E-state index contributed by atoms with van der Waals surface area (Å²) in [5.41, 5.74) is 0. The van der Waals surface area contributed by atoms with Gasteiger partial charge in [0.15, 0.2) is 0 Å². The van der Waals surface area contributed by atoms with E-state index in [-0.39, 0.29) is 221 Å². The van der Waals surface area contributed by atoms with Gasteiger partial charge in [-0.3, -0.25) is 0 Å². The molecule has 0 aromatic rings. The molecule has 427 valence electrons. The van der Waals surface area contributed by atoms with Gasteiger partial charge >= 0.3 is 0 Å². The maximum Gasteiger partial charge on any atom is 0 e. The molecular weight excluding hydrogens is 1370 g/mol. The van der Waals surface area contributed by atoms with Crippen molar-refractivity contribution in [3.8, 4) is 0 Å². The molecule has 0 aliphatic carbocycles. The normalized spacial score (nSPS) is 13.1. The summed E-state index contributed by atoms with van der Waals surface area (Å²) >= 11 is 0. The largest absolute Gasteiger partial charge is 0.707 e. The minimum atomic E-state index is 0. The van der Waals surface area contributed by atoms with Gasteiger partial charge in [0.1, 0.15) is 0 Å². The Labute approximate surface area is 513 Å². The third-order valence-electron chi connectivity index (χ3n) is 4.41. The standard InChI is InChI=1S/10C3H4N2.11Co.6H2N/c10*1-2-5-3-4-1;;;;;;;;;;;;;;;;;/h10*1-2H,3H2;;;;;;;;;;;;6*1H2/q10*-2;;;;;;;;;;;;6*-1. The smallest absolute Gasteiger partial charge is 0 e. The molecular formula is C30H52Co11N26-26. The molecule has 10 aliphatic rings. The molecule has 0 atom stereocenters. The number of nitrogens with zero attached hydrogens (tertiary/aromatic N) is 20. The zero-order valence-corrected chi connectivity index (χ0v) is 46.1. The van der Waals surface area contributed by atoms with Crippen LogP contribution in [-0.4, -0.2) is 66.7 Å². The summed E-state index contributed by atoms with van der Waals surface area (Å²) in [5.74, 6) is 0. The fraction of sp³-hybridized carbons (Fsp3) is 0.333. The molecule has 0 spiro atoms. The van der Waals surface area contributed by atoms with Gasteiger partial charge in [-0.2, -0.15) is 0 Å². The Morgan fingerprint density at radius 1 is 0.119 bits per heavy atom. The minimum absolute atomic E-state index is 0. The Hall–Kier alpha value is -1.27. The maximum absolute atomic E-state index is 3.74. The second-order valence-corrected chi connectivity index (χ2v) is 8.05. The Morgan fingerprint density at radius 2 is 0.164 bits per heavy atom. The van der Waals surface area contributed by atoms with Crippen molar-refractivity contribution in [3.05, 3.63) is 267 Å². The third-order valence-corrected chi connectivity index (χ3v) is 4.41. The molecule has 11 radical (unpaired) electrons. The van der Waals surface area contributed by atoms with Crippen molar-refractivity contribution in [2.75, 3.05) is 66.7 Å².